The van der Waals surface area contributed by atoms with Gasteiger partial charge < -0.3 is 0 Å². The van der Waals surface area contributed by atoms with Gasteiger partial charge in [-0.15, -0.1) is 11.3 Å². The number of benzene rings is 2. The van der Waals surface area contributed by atoms with Gasteiger partial charge in [-0.25, -0.2) is 17.6 Å². The molecule has 1 heterocycles. The Kier molecular flexibility index (Phi) is 7.24. The summed E-state index contributed by atoms with van der Waals surface area (Å²) >= 11 is 1.11. The number of halogens is 4. The van der Waals surface area contributed by atoms with Gasteiger partial charge in [0.1, 0.15) is 0 Å². The molecular formula is C27H30F4S. The Hall–Kier alpha value is -1.88. The van der Waals surface area contributed by atoms with Crippen LogP contribution < -0.4 is 0 Å². The van der Waals surface area contributed by atoms with Gasteiger partial charge in [0, 0.05) is 20.7 Å². The minimum atomic E-state index is -2.61. The number of rotatable bonds is 7. The van der Waals surface area contributed by atoms with Crippen LogP contribution in [-0.4, -0.2) is 0 Å². The van der Waals surface area contributed by atoms with E-state index in [0.29, 0.717) is 32.0 Å². The Bertz CT molecular complexity index is 1080. The monoisotopic (exact) mass is 462 g/mol. The molecule has 4 rings (SSSR count). The lowest BCUT2D eigenvalue weighted by Crippen LogP contribution is -2.15. The molecule has 1 aliphatic carbocycles. The third-order valence-corrected chi connectivity index (χ3v) is 8.26. The zero-order valence-corrected chi connectivity index (χ0v) is 19.5. The van der Waals surface area contributed by atoms with Crippen LogP contribution in [0.3, 0.4) is 0 Å². The number of hydrogen-bond acceptors (Lipinski definition) is 1. The van der Waals surface area contributed by atoms with Gasteiger partial charge in [0.25, 0.3) is 6.43 Å². The van der Waals surface area contributed by atoms with Crippen molar-refractivity contribution in [2.45, 2.75) is 77.6 Å². The van der Waals surface area contributed by atoms with E-state index < -0.39 is 18.1 Å². The summed E-state index contributed by atoms with van der Waals surface area (Å²) < 4.78 is 57.8. The molecule has 0 saturated heterocycles. The first-order valence-electron chi connectivity index (χ1n) is 11.7. The highest BCUT2D eigenvalue weighted by atomic mass is 32.1. The Balaban J connectivity index is 1.57. The van der Waals surface area contributed by atoms with Crippen molar-refractivity contribution in [3.8, 4) is 10.4 Å². The lowest BCUT2D eigenvalue weighted by molar-refractivity contribution is 0.152. The zero-order chi connectivity index (χ0) is 22.8. The number of aryl methyl sites for hydroxylation is 1. The van der Waals surface area contributed by atoms with Crippen molar-refractivity contribution < 1.29 is 17.6 Å². The first kappa shape index (κ1) is 23.3. The van der Waals surface area contributed by atoms with Crippen LogP contribution in [-0.2, 0) is 0 Å². The molecule has 0 atom stereocenters. The molecule has 1 fully saturated rings. The van der Waals surface area contributed by atoms with Gasteiger partial charge in [0.15, 0.2) is 11.6 Å². The maximum atomic E-state index is 15.1. The van der Waals surface area contributed by atoms with E-state index in [4.69, 9.17) is 0 Å². The molecule has 0 N–H and O–H groups in total. The predicted octanol–water partition coefficient (Wildman–Crippen LogP) is 9.95. The summed E-state index contributed by atoms with van der Waals surface area (Å²) in [6.07, 6.45) is 6.30. The standard InChI is InChI=1S/C27H30F4S/c1-3-4-5-6-17-8-11-18(12-9-17)20-13-14-21(25(29)24(20)28)22-15-19-10-7-16(2)23(27(30)31)26(19)32-22/h7,10,13-15,17-18,27H,3-6,8-9,11-12H2,1-2H3. The van der Waals surface area contributed by atoms with Gasteiger partial charge in [0.05, 0.1) is 0 Å². The van der Waals surface area contributed by atoms with E-state index in [0.717, 1.165) is 37.0 Å². The van der Waals surface area contributed by atoms with Crippen molar-refractivity contribution >= 4 is 21.4 Å². The van der Waals surface area contributed by atoms with Gasteiger partial charge in [-0.3, -0.25) is 0 Å². The first-order valence-corrected chi connectivity index (χ1v) is 12.5. The average Bonchev–Trinajstić information content (AvgIpc) is 3.19. The van der Waals surface area contributed by atoms with Crippen LogP contribution in [0.2, 0.25) is 0 Å². The molecule has 5 heteroatoms. The van der Waals surface area contributed by atoms with Crippen molar-refractivity contribution in [3.05, 3.63) is 58.7 Å². The maximum Gasteiger partial charge on any atom is 0.265 e. The number of unbranched alkanes of at least 4 members (excludes halogenated alkanes) is 2. The Morgan fingerprint density at radius 3 is 2.41 bits per heavy atom. The molecule has 1 aliphatic rings. The largest absolute Gasteiger partial charge is 0.265 e. The van der Waals surface area contributed by atoms with E-state index in [9.17, 15) is 8.78 Å². The van der Waals surface area contributed by atoms with Crippen LogP contribution in [0.15, 0.2) is 30.3 Å². The van der Waals surface area contributed by atoms with Crippen molar-refractivity contribution in [1.82, 2.24) is 0 Å². The fourth-order valence-electron chi connectivity index (χ4n) is 5.14. The van der Waals surface area contributed by atoms with Crippen molar-refractivity contribution in [2.75, 3.05) is 0 Å². The van der Waals surface area contributed by atoms with E-state index in [1.54, 1.807) is 37.3 Å². The first-order chi connectivity index (χ1) is 15.4. The third kappa shape index (κ3) is 4.59. The molecular weight excluding hydrogens is 432 g/mol. The van der Waals surface area contributed by atoms with E-state index in [1.807, 2.05) is 0 Å². The number of thiophene rings is 1. The molecule has 0 bridgehead atoms. The van der Waals surface area contributed by atoms with Gasteiger partial charge in [0.2, 0.25) is 0 Å². The van der Waals surface area contributed by atoms with Crippen LogP contribution in [0.4, 0.5) is 17.6 Å². The molecule has 2 aromatic carbocycles. The summed E-state index contributed by atoms with van der Waals surface area (Å²) in [7, 11) is 0. The molecule has 0 radical (unpaired) electrons. The normalized spacial score (nSPS) is 19.2. The lowest BCUT2D eigenvalue weighted by Gasteiger charge is -2.29. The van der Waals surface area contributed by atoms with Crippen LogP contribution in [0.5, 0.6) is 0 Å². The zero-order valence-electron chi connectivity index (χ0n) is 18.7. The highest BCUT2D eigenvalue weighted by Crippen LogP contribution is 2.43. The predicted molar refractivity (Wildman–Crippen MR) is 126 cm³/mol. The molecule has 172 valence electrons. The summed E-state index contributed by atoms with van der Waals surface area (Å²) in [6, 6.07) is 8.43. The van der Waals surface area contributed by atoms with E-state index >= 15 is 8.78 Å². The molecule has 32 heavy (non-hydrogen) atoms. The Morgan fingerprint density at radius 1 is 0.969 bits per heavy atom. The molecule has 0 spiro atoms. The van der Waals surface area contributed by atoms with E-state index in [-0.39, 0.29) is 17.0 Å². The maximum absolute atomic E-state index is 15.1. The second-order valence-electron chi connectivity index (χ2n) is 9.17. The lowest BCUT2D eigenvalue weighted by atomic mass is 9.76. The molecule has 0 unspecified atom stereocenters. The van der Waals surface area contributed by atoms with Crippen LogP contribution in [0.25, 0.3) is 20.5 Å². The second kappa shape index (κ2) is 9.94. The molecule has 3 aromatic rings. The van der Waals surface area contributed by atoms with Crippen LogP contribution in [0.1, 0.15) is 87.3 Å². The fraction of sp³-hybridized carbons (Fsp3) is 0.481. The minimum Gasteiger partial charge on any atom is -0.205 e. The molecule has 0 aliphatic heterocycles. The number of hydrogen-bond donors (Lipinski definition) is 0. The fourth-order valence-corrected chi connectivity index (χ4v) is 6.42. The molecule has 0 nitrogen and oxygen atoms in total. The highest BCUT2D eigenvalue weighted by molar-refractivity contribution is 7.22. The summed E-state index contributed by atoms with van der Waals surface area (Å²) in [5, 5.41) is 0.635. The van der Waals surface area contributed by atoms with Crippen molar-refractivity contribution in [1.29, 1.82) is 0 Å². The summed E-state index contributed by atoms with van der Waals surface area (Å²) in [4.78, 5) is 0.482. The second-order valence-corrected chi connectivity index (χ2v) is 10.2. The van der Waals surface area contributed by atoms with Crippen LogP contribution in [0, 0.1) is 24.5 Å². The van der Waals surface area contributed by atoms with Crippen molar-refractivity contribution in [3.63, 3.8) is 0 Å². The SMILES string of the molecule is CCCCCC1CCC(c2ccc(-c3cc4ccc(C)c(C(F)F)c4s3)c(F)c2F)CC1. The number of alkyl halides is 2. The van der Waals surface area contributed by atoms with Crippen molar-refractivity contribution in [2.24, 2.45) is 5.92 Å². The van der Waals surface area contributed by atoms with Crippen LogP contribution >= 0.6 is 11.3 Å². The van der Waals surface area contributed by atoms with Gasteiger partial charge in [-0.1, -0.05) is 56.9 Å². The Labute approximate surface area is 191 Å². The number of fused-ring (bicyclic) bond motifs is 1. The van der Waals surface area contributed by atoms with Gasteiger partial charge >= 0.3 is 0 Å². The third-order valence-electron chi connectivity index (χ3n) is 7.04. The highest BCUT2D eigenvalue weighted by Gasteiger charge is 2.27. The molecule has 1 aromatic heterocycles. The average molecular weight is 463 g/mol. The molecule has 1 saturated carbocycles. The smallest absolute Gasteiger partial charge is 0.205 e. The molecule has 0 amide bonds. The quantitative estimate of drug-likeness (QED) is 0.242. The van der Waals surface area contributed by atoms with Gasteiger partial charge in [-0.2, -0.15) is 0 Å². The summed E-state index contributed by atoms with van der Waals surface area (Å²) in [5.74, 6) is -0.887. The minimum absolute atomic E-state index is 0.0213. The summed E-state index contributed by atoms with van der Waals surface area (Å²) in [6.45, 7) is 3.85. The topological polar surface area (TPSA) is 0 Å². The van der Waals surface area contributed by atoms with Gasteiger partial charge in [-0.05, 0) is 67.0 Å². The Morgan fingerprint density at radius 2 is 1.72 bits per heavy atom. The van der Waals surface area contributed by atoms with E-state index in [2.05, 4.69) is 6.92 Å². The summed E-state index contributed by atoms with van der Waals surface area (Å²) in [5.41, 5.74) is 1.10. The van der Waals surface area contributed by atoms with E-state index in [1.165, 1.54) is 25.7 Å².